The van der Waals surface area contributed by atoms with Crippen molar-refractivity contribution in [2.45, 2.75) is 26.2 Å². The van der Waals surface area contributed by atoms with Crippen LogP contribution >= 0.6 is 0 Å². The second-order valence-electron chi connectivity index (χ2n) is 4.24. The van der Waals surface area contributed by atoms with Gasteiger partial charge < -0.3 is 4.79 Å². The summed E-state index contributed by atoms with van der Waals surface area (Å²) >= 11 is 0. The highest BCUT2D eigenvalue weighted by atomic mass is 16.1. The van der Waals surface area contributed by atoms with Gasteiger partial charge in [-0.3, -0.25) is 0 Å². The lowest BCUT2D eigenvalue weighted by molar-refractivity contribution is -0.106. The van der Waals surface area contributed by atoms with E-state index in [2.05, 4.69) is 67.6 Å². The van der Waals surface area contributed by atoms with Crippen molar-refractivity contribution in [1.82, 2.24) is 0 Å². The normalized spacial score (nSPS) is 11.0. The zero-order valence-corrected chi connectivity index (χ0v) is 11.0. The molecule has 0 aliphatic carbocycles. The maximum absolute atomic E-state index is 8.81. The van der Waals surface area contributed by atoms with Crippen molar-refractivity contribution in [1.29, 1.82) is 0 Å². The molecule has 0 fully saturated rings. The Morgan fingerprint density at radius 1 is 0.944 bits per heavy atom. The monoisotopic (exact) mass is 240 g/mol. The molecule has 0 aliphatic rings. The van der Waals surface area contributed by atoms with Crippen LogP contribution in [0.4, 0.5) is 0 Å². The van der Waals surface area contributed by atoms with E-state index in [0.29, 0.717) is 5.92 Å². The van der Waals surface area contributed by atoms with Gasteiger partial charge in [-0.15, -0.1) is 0 Å². The van der Waals surface area contributed by atoms with E-state index in [0.717, 1.165) is 12.7 Å². The molecule has 0 aromatic heterocycles. The Morgan fingerprint density at radius 2 is 1.39 bits per heavy atom. The molecule has 1 heteroatoms. The summed E-state index contributed by atoms with van der Waals surface area (Å²) in [6.07, 6.45) is 1.87. The molecule has 1 unspecified atom stereocenters. The first-order valence-electron chi connectivity index (χ1n) is 6.26. The van der Waals surface area contributed by atoms with Crippen molar-refractivity contribution in [2.75, 3.05) is 0 Å². The number of hydrogen-bond donors (Lipinski definition) is 0. The van der Waals surface area contributed by atoms with Crippen molar-refractivity contribution in [3.8, 4) is 0 Å². The van der Waals surface area contributed by atoms with Crippen molar-refractivity contribution in [3.63, 3.8) is 0 Å². The van der Waals surface area contributed by atoms with Crippen LogP contribution in [0.1, 0.15) is 30.9 Å². The summed E-state index contributed by atoms with van der Waals surface area (Å²) in [5.41, 5.74) is 2.83. The number of benzene rings is 2. The first-order valence-corrected chi connectivity index (χ1v) is 6.26. The number of aldehydes is 1. The lowest BCUT2D eigenvalue weighted by atomic mass is 9.94. The molecule has 94 valence electrons. The zero-order valence-electron chi connectivity index (χ0n) is 11.0. The molecule has 0 bridgehead atoms. The Hall–Kier alpha value is -1.89. The van der Waals surface area contributed by atoms with Crippen LogP contribution in [-0.4, -0.2) is 6.29 Å². The summed E-state index contributed by atoms with van der Waals surface area (Å²) < 4.78 is 0. The maximum atomic E-state index is 8.81. The fraction of sp³-hybridized carbons (Fsp3) is 0.235. The smallest absolute Gasteiger partial charge is 0.116 e. The quantitative estimate of drug-likeness (QED) is 0.733. The van der Waals surface area contributed by atoms with Crippen molar-refractivity contribution in [3.05, 3.63) is 71.8 Å². The highest BCUT2D eigenvalue weighted by Crippen LogP contribution is 2.19. The van der Waals surface area contributed by atoms with E-state index in [9.17, 15) is 0 Å². The van der Waals surface area contributed by atoms with Gasteiger partial charge in [0.1, 0.15) is 6.29 Å². The van der Waals surface area contributed by atoms with Gasteiger partial charge in [0.2, 0.25) is 0 Å². The summed E-state index contributed by atoms with van der Waals surface area (Å²) in [6.45, 7) is 3.72. The molecule has 1 nitrogen and oxygen atoms in total. The third-order valence-corrected chi connectivity index (χ3v) is 2.75. The van der Waals surface area contributed by atoms with Gasteiger partial charge in [-0.05, 0) is 30.4 Å². The van der Waals surface area contributed by atoms with E-state index < -0.39 is 0 Å². The molecule has 2 aromatic carbocycles. The molecule has 0 amide bonds. The number of rotatable bonds is 3. The van der Waals surface area contributed by atoms with Gasteiger partial charge in [0.15, 0.2) is 0 Å². The molecule has 1 atom stereocenters. The van der Waals surface area contributed by atoms with Crippen LogP contribution in [0.15, 0.2) is 60.7 Å². The van der Waals surface area contributed by atoms with Crippen LogP contribution in [0.25, 0.3) is 0 Å². The minimum absolute atomic E-state index is 0.591. The molecule has 2 rings (SSSR count). The first-order chi connectivity index (χ1) is 8.77. The van der Waals surface area contributed by atoms with Gasteiger partial charge in [-0.25, -0.2) is 0 Å². The Bertz CT molecular complexity index is 434. The van der Waals surface area contributed by atoms with E-state index in [1.165, 1.54) is 18.1 Å². The molecular weight excluding hydrogens is 220 g/mol. The van der Waals surface area contributed by atoms with E-state index in [1.54, 1.807) is 0 Å². The molecule has 2 aromatic rings. The topological polar surface area (TPSA) is 17.1 Å². The Kier molecular flexibility index (Phi) is 6.49. The van der Waals surface area contributed by atoms with Gasteiger partial charge >= 0.3 is 0 Å². The third kappa shape index (κ3) is 4.96. The maximum Gasteiger partial charge on any atom is 0.116 e. The number of carbonyl (C=O) groups excluding carboxylic acids is 1. The second-order valence-corrected chi connectivity index (χ2v) is 4.24. The highest BCUT2D eigenvalue weighted by molar-refractivity contribution is 5.44. The SMILES string of the molecule is CC(Cc1ccccc1)c1ccccc1.CC=O. The second kappa shape index (κ2) is 8.24. The predicted molar refractivity (Wildman–Crippen MR) is 76.7 cm³/mol. The molecule has 18 heavy (non-hydrogen) atoms. The Balaban J connectivity index is 0.000000492. The lowest BCUT2D eigenvalue weighted by Gasteiger charge is -2.11. The van der Waals surface area contributed by atoms with E-state index >= 15 is 0 Å². The van der Waals surface area contributed by atoms with Crippen molar-refractivity contribution < 1.29 is 4.79 Å². The molecule has 0 spiro atoms. The lowest BCUT2D eigenvalue weighted by Crippen LogP contribution is -1.97. The van der Waals surface area contributed by atoms with Crippen molar-refractivity contribution in [2.24, 2.45) is 0 Å². The van der Waals surface area contributed by atoms with E-state index in [-0.39, 0.29) is 0 Å². The minimum Gasteiger partial charge on any atom is -0.304 e. The van der Waals surface area contributed by atoms with Gasteiger partial charge in [0, 0.05) is 0 Å². The van der Waals surface area contributed by atoms with Crippen molar-refractivity contribution >= 4 is 6.29 Å². The summed E-state index contributed by atoms with van der Waals surface area (Å²) in [4.78, 5) is 8.81. The molecule has 0 saturated heterocycles. The summed E-state index contributed by atoms with van der Waals surface area (Å²) in [5.74, 6) is 0.591. The zero-order chi connectivity index (χ0) is 13.2. The van der Waals surface area contributed by atoms with E-state index in [4.69, 9.17) is 4.79 Å². The minimum atomic E-state index is 0.591. The van der Waals surface area contributed by atoms with Crippen LogP contribution in [0.3, 0.4) is 0 Å². The molecule has 0 heterocycles. The first kappa shape index (κ1) is 14.2. The predicted octanol–water partition coefficient (Wildman–Crippen LogP) is 4.24. The van der Waals surface area contributed by atoms with Crippen LogP contribution in [0.5, 0.6) is 0 Å². The standard InChI is InChI=1S/C15H16.C2H4O/c1-13(15-10-6-3-7-11-15)12-14-8-4-2-5-9-14;1-2-3/h2-11,13H,12H2,1H3;2H,1H3. The molecule has 0 aliphatic heterocycles. The number of hydrogen-bond acceptors (Lipinski definition) is 1. The largest absolute Gasteiger partial charge is 0.304 e. The van der Waals surface area contributed by atoms with E-state index in [1.807, 2.05) is 0 Å². The summed E-state index contributed by atoms with van der Waals surface area (Å²) in [6, 6.07) is 21.4. The van der Waals surface area contributed by atoms with Crippen LogP contribution in [0, 0.1) is 0 Å². The molecule has 0 N–H and O–H groups in total. The summed E-state index contributed by atoms with van der Waals surface area (Å²) in [7, 11) is 0. The van der Waals surface area contributed by atoms with Crippen LogP contribution < -0.4 is 0 Å². The van der Waals surface area contributed by atoms with Crippen LogP contribution in [0.2, 0.25) is 0 Å². The fourth-order valence-electron chi connectivity index (χ4n) is 1.87. The molecular formula is C17H20O. The average Bonchev–Trinajstić information content (AvgIpc) is 2.42. The highest BCUT2D eigenvalue weighted by Gasteiger charge is 2.04. The molecule has 0 saturated carbocycles. The van der Waals surface area contributed by atoms with Gasteiger partial charge in [0.25, 0.3) is 0 Å². The Labute approximate surface area is 109 Å². The molecule has 0 radical (unpaired) electrons. The fourth-order valence-corrected chi connectivity index (χ4v) is 1.87. The number of carbonyl (C=O) groups is 1. The average molecular weight is 240 g/mol. The Morgan fingerprint density at radius 3 is 1.89 bits per heavy atom. The van der Waals surface area contributed by atoms with Gasteiger partial charge in [-0.1, -0.05) is 67.6 Å². The summed E-state index contributed by atoms with van der Waals surface area (Å²) in [5, 5.41) is 0. The third-order valence-electron chi connectivity index (χ3n) is 2.75. The van der Waals surface area contributed by atoms with Gasteiger partial charge in [0.05, 0.1) is 0 Å². The van der Waals surface area contributed by atoms with Gasteiger partial charge in [-0.2, -0.15) is 0 Å². The van der Waals surface area contributed by atoms with Crippen LogP contribution in [-0.2, 0) is 11.2 Å².